The van der Waals surface area contributed by atoms with Crippen LogP contribution in [0.5, 0.6) is 0 Å². The van der Waals surface area contributed by atoms with Crippen molar-refractivity contribution in [3.05, 3.63) is 30.3 Å². The number of hydrogen-bond donors (Lipinski definition) is 1. The SMILES string of the molecule is Br.FC(F)(F)C1CN(c2ccccc2)CCN1. The van der Waals surface area contributed by atoms with Gasteiger partial charge in [-0.1, -0.05) is 18.2 Å². The van der Waals surface area contributed by atoms with Crippen LogP contribution in [-0.2, 0) is 0 Å². The summed E-state index contributed by atoms with van der Waals surface area (Å²) in [5.41, 5.74) is 0.846. The van der Waals surface area contributed by atoms with Crippen LogP contribution in [0.25, 0.3) is 0 Å². The van der Waals surface area contributed by atoms with E-state index in [1.165, 1.54) is 0 Å². The van der Waals surface area contributed by atoms with Crippen LogP contribution in [0.1, 0.15) is 0 Å². The smallest absolute Gasteiger partial charge is 0.368 e. The minimum absolute atomic E-state index is 0. The molecule has 96 valence electrons. The Morgan fingerprint density at radius 2 is 1.82 bits per heavy atom. The molecule has 17 heavy (non-hydrogen) atoms. The number of halogens is 4. The zero-order chi connectivity index (χ0) is 11.6. The molecule has 1 unspecified atom stereocenters. The Hall–Kier alpha value is -0.750. The van der Waals surface area contributed by atoms with Crippen molar-refractivity contribution in [2.75, 3.05) is 24.5 Å². The summed E-state index contributed by atoms with van der Waals surface area (Å²) in [7, 11) is 0. The summed E-state index contributed by atoms with van der Waals surface area (Å²) >= 11 is 0. The lowest BCUT2D eigenvalue weighted by Gasteiger charge is -2.36. The summed E-state index contributed by atoms with van der Waals surface area (Å²) in [5.74, 6) is 0. The second kappa shape index (κ2) is 5.73. The van der Waals surface area contributed by atoms with Gasteiger partial charge in [-0.2, -0.15) is 13.2 Å². The van der Waals surface area contributed by atoms with Gasteiger partial charge in [-0.25, -0.2) is 0 Å². The molecule has 2 rings (SSSR count). The summed E-state index contributed by atoms with van der Waals surface area (Å²) in [6.07, 6.45) is -4.17. The van der Waals surface area contributed by atoms with Crippen LogP contribution >= 0.6 is 17.0 Å². The van der Waals surface area contributed by atoms with Gasteiger partial charge in [-0.15, -0.1) is 17.0 Å². The fourth-order valence-corrected chi connectivity index (χ4v) is 1.84. The Bertz CT molecular complexity index is 342. The van der Waals surface area contributed by atoms with Crippen LogP contribution in [0, 0.1) is 0 Å². The third kappa shape index (κ3) is 3.61. The highest BCUT2D eigenvalue weighted by Gasteiger charge is 2.41. The van der Waals surface area contributed by atoms with Crippen molar-refractivity contribution in [2.24, 2.45) is 0 Å². The number of piperazine rings is 1. The first-order chi connectivity index (χ1) is 7.57. The summed E-state index contributed by atoms with van der Waals surface area (Å²) in [5, 5.41) is 2.49. The molecular weight excluding hydrogens is 297 g/mol. The van der Waals surface area contributed by atoms with Gasteiger partial charge in [0.05, 0.1) is 0 Å². The first kappa shape index (κ1) is 14.3. The van der Waals surface area contributed by atoms with Gasteiger partial charge in [0.1, 0.15) is 6.04 Å². The molecule has 0 spiro atoms. The van der Waals surface area contributed by atoms with E-state index < -0.39 is 12.2 Å². The summed E-state index contributed by atoms with van der Waals surface area (Å²) in [6, 6.07) is 7.76. The molecule has 1 atom stereocenters. The number of rotatable bonds is 1. The van der Waals surface area contributed by atoms with E-state index in [1.807, 2.05) is 30.3 Å². The predicted molar refractivity (Wildman–Crippen MR) is 66.8 cm³/mol. The lowest BCUT2D eigenvalue weighted by Crippen LogP contribution is -2.57. The Morgan fingerprint density at radius 3 is 2.41 bits per heavy atom. The minimum Gasteiger partial charge on any atom is -0.368 e. The lowest BCUT2D eigenvalue weighted by atomic mass is 10.2. The molecule has 1 saturated heterocycles. The number of alkyl halides is 3. The van der Waals surface area contributed by atoms with Crippen LogP contribution in [0.4, 0.5) is 18.9 Å². The Kier molecular flexibility index (Phi) is 4.82. The van der Waals surface area contributed by atoms with Gasteiger partial charge in [0.15, 0.2) is 0 Å². The molecule has 1 aliphatic heterocycles. The average molecular weight is 311 g/mol. The molecule has 0 amide bonds. The van der Waals surface area contributed by atoms with Gasteiger partial charge in [-0.05, 0) is 12.1 Å². The van der Waals surface area contributed by atoms with Crippen LogP contribution in [0.2, 0.25) is 0 Å². The van der Waals surface area contributed by atoms with Crippen molar-refractivity contribution in [1.82, 2.24) is 5.32 Å². The maximum Gasteiger partial charge on any atom is 0.405 e. The predicted octanol–water partition coefficient (Wildman–Crippen LogP) is 2.61. The highest BCUT2D eigenvalue weighted by Crippen LogP contribution is 2.24. The van der Waals surface area contributed by atoms with Crippen molar-refractivity contribution in [1.29, 1.82) is 0 Å². The zero-order valence-electron chi connectivity index (χ0n) is 9.07. The van der Waals surface area contributed by atoms with E-state index >= 15 is 0 Å². The molecule has 6 heteroatoms. The second-order valence-electron chi connectivity index (χ2n) is 3.83. The van der Waals surface area contributed by atoms with Crippen molar-refractivity contribution < 1.29 is 13.2 Å². The van der Waals surface area contributed by atoms with Crippen LogP contribution in [0.3, 0.4) is 0 Å². The van der Waals surface area contributed by atoms with Crippen LogP contribution in [-0.4, -0.2) is 31.9 Å². The number of benzene rings is 1. The molecule has 1 heterocycles. The zero-order valence-corrected chi connectivity index (χ0v) is 10.8. The van der Waals surface area contributed by atoms with Crippen molar-refractivity contribution >= 4 is 22.7 Å². The maximum atomic E-state index is 12.5. The molecule has 1 fully saturated rings. The molecule has 0 saturated carbocycles. The molecule has 1 aliphatic rings. The average Bonchev–Trinajstić information content (AvgIpc) is 2.29. The van der Waals surface area contributed by atoms with Crippen LogP contribution in [0.15, 0.2) is 30.3 Å². The fraction of sp³-hybridized carbons (Fsp3) is 0.455. The maximum absolute atomic E-state index is 12.5. The first-order valence-corrected chi connectivity index (χ1v) is 5.17. The van der Waals surface area contributed by atoms with Crippen molar-refractivity contribution in [2.45, 2.75) is 12.2 Å². The number of hydrogen-bond acceptors (Lipinski definition) is 2. The second-order valence-corrected chi connectivity index (χ2v) is 3.83. The van der Waals surface area contributed by atoms with Gasteiger partial charge in [-0.3, -0.25) is 0 Å². The number of anilines is 1. The third-order valence-electron chi connectivity index (χ3n) is 2.69. The standard InChI is InChI=1S/C11H13F3N2.BrH/c12-11(13,14)10-8-16(7-6-15-10)9-4-2-1-3-5-9;/h1-5,10,15H,6-8H2;1H. The lowest BCUT2D eigenvalue weighted by molar-refractivity contribution is -0.155. The Morgan fingerprint density at radius 1 is 1.18 bits per heavy atom. The first-order valence-electron chi connectivity index (χ1n) is 5.17. The monoisotopic (exact) mass is 310 g/mol. The molecule has 0 radical (unpaired) electrons. The van der Waals surface area contributed by atoms with Gasteiger partial charge >= 0.3 is 6.18 Å². The van der Waals surface area contributed by atoms with E-state index in [1.54, 1.807) is 4.90 Å². The molecule has 0 aromatic heterocycles. The topological polar surface area (TPSA) is 15.3 Å². The fourth-order valence-electron chi connectivity index (χ4n) is 1.84. The summed E-state index contributed by atoms with van der Waals surface area (Å²) in [4.78, 5) is 1.76. The molecule has 1 N–H and O–H groups in total. The summed E-state index contributed by atoms with van der Waals surface area (Å²) in [6.45, 7) is 0.948. The van der Waals surface area contributed by atoms with E-state index in [0.717, 1.165) is 5.69 Å². The number of nitrogens with one attached hydrogen (secondary N) is 1. The quantitative estimate of drug-likeness (QED) is 0.858. The highest BCUT2D eigenvalue weighted by molar-refractivity contribution is 8.93. The number of para-hydroxylation sites is 1. The van der Waals surface area contributed by atoms with E-state index in [2.05, 4.69) is 5.32 Å². The molecule has 0 bridgehead atoms. The van der Waals surface area contributed by atoms with E-state index in [-0.39, 0.29) is 23.5 Å². The third-order valence-corrected chi connectivity index (χ3v) is 2.69. The Labute approximate surface area is 109 Å². The normalized spacial score (nSPS) is 20.9. The van der Waals surface area contributed by atoms with Gasteiger partial charge in [0, 0.05) is 25.3 Å². The molecule has 0 aliphatic carbocycles. The van der Waals surface area contributed by atoms with Crippen LogP contribution < -0.4 is 10.2 Å². The molecular formula is C11H14BrF3N2. The highest BCUT2D eigenvalue weighted by atomic mass is 79.9. The minimum atomic E-state index is -4.17. The molecule has 1 aromatic rings. The van der Waals surface area contributed by atoms with Gasteiger partial charge in [0.2, 0.25) is 0 Å². The number of nitrogens with zero attached hydrogens (tertiary/aromatic N) is 1. The van der Waals surface area contributed by atoms with Gasteiger partial charge < -0.3 is 10.2 Å². The summed E-state index contributed by atoms with van der Waals surface area (Å²) < 4.78 is 37.6. The largest absolute Gasteiger partial charge is 0.405 e. The van der Waals surface area contributed by atoms with Crippen molar-refractivity contribution in [3.63, 3.8) is 0 Å². The van der Waals surface area contributed by atoms with E-state index in [4.69, 9.17) is 0 Å². The Balaban J connectivity index is 0.00000144. The van der Waals surface area contributed by atoms with E-state index in [0.29, 0.717) is 13.1 Å². The molecule has 2 nitrogen and oxygen atoms in total. The van der Waals surface area contributed by atoms with Crippen molar-refractivity contribution in [3.8, 4) is 0 Å². The van der Waals surface area contributed by atoms with E-state index in [9.17, 15) is 13.2 Å². The molecule has 1 aromatic carbocycles. The van der Waals surface area contributed by atoms with Gasteiger partial charge in [0.25, 0.3) is 0 Å².